The van der Waals surface area contributed by atoms with Crippen molar-refractivity contribution in [2.24, 2.45) is 0 Å². The zero-order chi connectivity index (χ0) is 19.2. The van der Waals surface area contributed by atoms with Crippen LogP contribution >= 0.6 is 0 Å². The highest BCUT2D eigenvalue weighted by Gasteiger charge is 2.28. The molecule has 2 aromatic rings. The van der Waals surface area contributed by atoms with Gasteiger partial charge < -0.3 is 19.3 Å². The minimum absolute atomic E-state index is 0.0788. The summed E-state index contributed by atoms with van der Waals surface area (Å²) in [6.07, 6.45) is 0.227. The van der Waals surface area contributed by atoms with Crippen molar-refractivity contribution in [3.8, 4) is 11.5 Å². The van der Waals surface area contributed by atoms with E-state index in [9.17, 15) is 4.79 Å². The van der Waals surface area contributed by atoms with E-state index in [1.165, 1.54) is 0 Å². The molecule has 1 heterocycles. The summed E-state index contributed by atoms with van der Waals surface area (Å²) >= 11 is 0. The molecule has 0 aromatic heterocycles. The number of amides is 1. The van der Waals surface area contributed by atoms with E-state index in [0.29, 0.717) is 19.5 Å². The van der Waals surface area contributed by atoms with Crippen LogP contribution in [0.4, 0.5) is 5.69 Å². The van der Waals surface area contributed by atoms with Gasteiger partial charge in [-0.15, -0.1) is 0 Å². The van der Waals surface area contributed by atoms with Crippen LogP contribution in [0.2, 0.25) is 0 Å². The molecule has 1 aliphatic rings. The van der Waals surface area contributed by atoms with E-state index in [2.05, 4.69) is 17.0 Å². The molecule has 3 rings (SSSR count). The van der Waals surface area contributed by atoms with Gasteiger partial charge in [0.2, 0.25) is 0 Å². The first kappa shape index (κ1) is 19.1. The molecule has 0 bridgehead atoms. The number of benzene rings is 2. The van der Waals surface area contributed by atoms with E-state index in [4.69, 9.17) is 9.47 Å². The maximum Gasteiger partial charge on any atom is 0.263 e. The van der Waals surface area contributed by atoms with E-state index in [-0.39, 0.29) is 5.91 Å². The molecule has 5 nitrogen and oxygen atoms in total. The smallest absolute Gasteiger partial charge is 0.263 e. The normalized spacial score (nSPS) is 15.4. The molecular formula is C22H28N2O3. The Morgan fingerprint density at radius 1 is 1.04 bits per heavy atom. The molecule has 1 amide bonds. The van der Waals surface area contributed by atoms with Crippen molar-refractivity contribution in [1.82, 2.24) is 4.90 Å². The maximum absolute atomic E-state index is 12.9. The van der Waals surface area contributed by atoms with Gasteiger partial charge in [-0.25, -0.2) is 0 Å². The second-order valence-electron chi connectivity index (χ2n) is 6.79. The minimum Gasteiger partial charge on any atom is -0.497 e. The summed E-state index contributed by atoms with van der Waals surface area (Å²) in [5.41, 5.74) is 2.21. The molecule has 0 N–H and O–H groups in total. The van der Waals surface area contributed by atoms with E-state index in [0.717, 1.165) is 35.8 Å². The first-order valence-corrected chi connectivity index (χ1v) is 9.52. The van der Waals surface area contributed by atoms with Gasteiger partial charge in [0.15, 0.2) is 6.10 Å². The number of hydrogen-bond acceptors (Lipinski definition) is 4. The predicted molar refractivity (Wildman–Crippen MR) is 108 cm³/mol. The number of para-hydroxylation sites is 1. The zero-order valence-corrected chi connectivity index (χ0v) is 16.4. The molecule has 5 heteroatoms. The van der Waals surface area contributed by atoms with Crippen molar-refractivity contribution in [3.05, 3.63) is 54.1 Å². The number of piperazine rings is 1. The number of aryl methyl sites for hydroxylation is 1. The maximum atomic E-state index is 12.9. The number of ether oxygens (including phenoxy) is 2. The summed E-state index contributed by atoms with van der Waals surface area (Å²) in [6.45, 7) is 7.04. The number of rotatable bonds is 6. The Morgan fingerprint density at radius 3 is 2.30 bits per heavy atom. The monoisotopic (exact) mass is 368 g/mol. The second-order valence-corrected chi connectivity index (χ2v) is 6.79. The Labute approximate surface area is 161 Å². The number of hydrogen-bond donors (Lipinski definition) is 0. The number of nitrogens with zero attached hydrogens (tertiary/aromatic N) is 2. The van der Waals surface area contributed by atoms with Crippen LogP contribution in [0.25, 0.3) is 0 Å². The van der Waals surface area contributed by atoms with Crippen LogP contribution in [0.3, 0.4) is 0 Å². The van der Waals surface area contributed by atoms with Crippen molar-refractivity contribution < 1.29 is 14.3 Å². The summed E-state index contributed by atoms with van der Waals surface area (Å²) in [7, 11) is 1.67. The molecule has 0 spiro atoms. The van der Waals surface area contributed by atoms with Crippen molar-refractivity contribution in [2.45, 2.75) is 26.4 Å². The van der Waals surface area contributed by atoms with E-state index in [1.54, 1.807) is 7.11 Å². The standard InChI is InChI=1S/C22H28N2O3/c1-4-20(27-21-8-6-5-7-17(21)2)22(25)24-15-13-23(14-16-24)18-9-11-19(26-3)12-10-18/h5-12,20H,4,13-16H2,1-3H3/t20-/m0/s1. The highest BCUT2D eigenvalue weighted by atomic mass is 16.5. The van der Waals surface area contributed by atoms with Crippen molar-refractivity contribution in [1.29, 1.82) is 0 Å². The highest BCUT2D eigenvalue weighted by molar-refractivity contribution is 5.81. The molecule has 0 radical (unpaired) electrons. The quantitative estimate of drug-likeness (QED) is 0.783. The molecular weight excluding hydrogens is 340 g/mol. The van der Waals surface area contributed by atoms with Crippen LogP contribution in [0, 0.1) is 6.92 Å². The number of carbonyl (C=O) groups excluding carboxylic acids is 1. The van der Waals surface area contributed by atoms with Crippen molar-refractivity contribution in [3.63, 3.8) is 0 Å². The topological polar surface area (TPSA) is 42.0 Å². The fourth-order valence-corrected chi connectivity index (χ4v) is 3.33. The summed E-state index contributed by atoms with van der Waals surface area (Å²) < 4.78 is 11.2. The molecule has 0 unspecified atom stereocenters. The third-order valence-corrected chi connectivity index (χ3v) is 5.04. The van der Waals surface area contributed by atoms with Gasteiger partial charge in [0.05, 0.1) is 7.11 Å². The van der Waals surface area contributed by atoms with Gasteiger partial charge in [-0.1, -0.05) is 25.1 Å². The Morgan fingerprint density at radius 2 is 1.70 bits per heavy atom. The molecule has 2 aromatic carbocycles. The van der Waals surface area contributed by atoms with Crippen LogP contribution in [-0.4, -0.2) is 50.2 Å². The summed E-state index contributed by atoms with van der Waals surface area (Å²) in [6, 6.07) is 15.9. The van der Waals surface area contributed by atoms with Crippen molar-refractivity contribution in [2.75, 3.05) is 38.2 Å². The number of carbonyl (C=O) groups is 1. The van der Waals surface area contributed by atoms with Gasteiger partial charge >= 0.3 is 0 Å². The molecule has 144 valence electrons. The van der Waals surface area contributed by atoms with Gasteiger partial charge in [-0.2, -0.15) is 0 Å². The largest absolute Gasteiger partial charge is 0.497 e. The molecule has 1 aliphatic heterocycles. The third-order valence-electron chi connectivity index (χ3n) is 5.04. The Bertz CT molecular complexity index is 752. The third kappa shape index (κ3) is 4.54. The van der Waals surface area contributed by atoms with Crippen molar-refractivity contribution >= 4 is 11.6 Å². The van der Waals surface area contributed by atoms with E-state index in [1.807, 2.05) is 55.1 Å². The van der Waals surface area contributed by atoms with Crippen LogP contribution in [0.5, 0.6) is 11.5 Å². The molecule has 1 saturated heterocycles. The SMILES string of the molecule is CC[C@H](Oc1ccccc1C)C(=O)N1CCN(c2ccc(OC)cc2)CC1. The second kappa shape index (κ2) is 8.80. The Hall–Kier alpha value is -2.69. The van der Waals surface area contributed by atoms with Gasteiger partial charge in [0.1, 0.15) is 11.5 Å². The fourth-order valence-electron chi connectivity index (χ4n) is 3.33. The van der Waals surface area contributed by atoms with Gasteiger partial charge in [-0.3, -0.25) is 4.79 Å². The summed E-state index contributed by atoms with van der Waals surface area (Å²) in [5.74, 6) is 1.72. The first-order valence-electron chi connectivity index (χ1n) is 9.52. The Kier molecular flexibility index (Phi) is 6.22. The van der Waals surface area contributed by atoms with Crippen LogP contribution in [0.15, 0.2) is 48.5 Å². The average molecular weight is 368 g/mol. The van der Waals surface area contributed by atoms with Crippen LogP contribution < -0.4 is 14.4 Å². The van der Waals surface area contributed by atoms with E-state index >= 15 is 0 Å². The number of anilines is 1. The van der Waals surface area contributed by atoms with E-state index < -0.39 is 6.10 Å². The van der Waals surface area contributed by atoms with Crippen LogP contribution in [0.1, 0.15) is 18.9 Å². The Balaban J connectivity index is 1.58. The molecule has 27 heavy (non-hydrogen) atoms. The summed E-state index contributed by atoms with van der Waals surface area (Å²) in [5, 5.41) is 0. The van der Waals surface area contributed by atoms with Gasteiger partial charge in [0.25, 0.3) is 5.91 Å². The lowest BCUT2D eigenvalue weighted by atomic mass is 10.2. The molecule has 1 fully saturated rings. The average Bonchev–Trinajstić information content (AvgIpc) is 2.73. The lowest BCUT2D eigenvalue weighted by molar-refractivity contribution is -0.139. The fraction of sp³-hybridized carbons (Fsp3) is 0.409. The van der Waals surface area contributed by atoms with Gasteiger partial charge in [-0.05, 0) is 49.2 Å². The van der Waals surface area contributed by atoms with Crippen LogP contribution in [-0.2, 0) is 4.79 Å². The lowest BCUT2D eigenvalue weighted by Crippen LogP contribution is -2.52. The predicted octanol–water partition coefficient (Wildman–Crippen LogP) is 3.51. The van der Waals surface area contributed by atoms with Gasteiger partial charge in [0, 0.05) is 31.9 Å². The zero-order valence-electron chi connectivity index (χ0n) is 16.4. The minimum atomic E-state index is -0.432. The molecule has 1 atom stereocenters. The molecule has 0 saturated carbocycles. The lowest BCUT2D eigenvalue weighted by Gasteiger charge is -2.37. The number of methoxy groups -OCH3 is 1. The first-order chi connectivity index (χ1) is 13.1. The highest BCUT2D eigenvalue weighted by Crippen LogP contribution is 2.22. The summed E-state index contributed by atoms with van der Waals surface area (Å²) in [4.78, 5) is 17.2. The molecule has 0 aliphatic carbocycles.